The summed E-state index contributed by atoms with van der Waals surface area (Å²) in [5.41, 5.74) is 7.31. The summed E-state index contributed by atoms with van der Waals surface area (Å²) in [7, 11) is 0. The predicted molar refractivity (Wildman–Crippen MR) is 74.9 cm³/mol. The van der Waals surface area contributed by atoms with Gasteiger partial charge in [0, 0.05) is 18.2 Å². The first-order chi connectivity index (χ1) is 8.43. The van der Waals surface area contributed by atoms with E-state index in [4.69, 9.17) is 17.3 Å². The van der Waals surface area contributed by atoms with Gasteiger partial charge in [0.05, 0.1) is 5.02 Å². The molecule has 5 heteroatoms. The molecular formula is C13H19ClN4. The number of aromatic nitrogens is 3. The van der Waals surface area contributed by atoms with Crippen molar-refractivity contribution in [2.45, 2.75) is 39.2 Å². The van der Waals surface area contributed by atoms with Crippen molar-refractivity contribution >= 4 is 22.8 Å². The van der Waals surface area contributed by atoms with Crippen LogP contribution in [0.25, 0.3) is 11.2 Å². The second-order valence-electron chi connectivity index (χ2n) is 5.48. The average Bonchev–Trinajstić information content (AvgIpc) is 2.63. The van der Waals surface area contributed by atoms with Crippen LogP contribution in [0.1, 0.15) is 33.0 Å². The van der Waals surface area contributed by atoms with Crippen molar-refractivity contribution in [3.63, 3.8) is 0 Å². The quantitative estimate of drug-likeness (QED) is 0.929. The maximum Gasteiger partial charge on any atom is 0.160 e. The van der Waals surface area contributed by atoms with E-state index in [2.05, 4.69) is 35.3 Å². The summed E-state index contributed by atoms with van der Waals surface area (Å²) in [6, 6.07) is 1.86. The molecule has 0 aliphatic rings. The molecule has 0 unspecified atom stereocenters. The maximum atomic E-state index is 5.97. The van der Waals surface area contributed by atoms with Crippen molar-refractivity contribution in [1.29, 1.82) is 0 Å². The summed E-state index contributed by atoms with van der Waals surface area (Å²) in [4.78, 5) is 9.07. The van der Waals surface area contributed by atoms with Gasteiger partial charge in [0.2, 0.25) is 0 Å². The van der Waals surface area contributed by atoms with Crippen LogP contribution in [0.3, 0.4) is 0 Å². The van der Waals surface area contributed by atoms with Crippen LogP contribution in [0.5, 0.6) is 0 Å². The van der Waals surface area contributed by atoms with Crippen LogP contribution in [0.4, 0.5) is 0 Å². The molecule has 2 N–H and O–H groups in total. The number of aryl methyl sites for hydroxylation is 1. The Morgan fingerprint density at radius 3 is 2.72 bits per heavy atom. The monoisotopic (exact) mass is 266 g/mol. The molecule has 2 rings (SSSR count). The van der Waals surface area contributed by atoms with Gasteiger partial charge in [0.15, 0.2) is 5.65 Å². The van der Waals surface area contributed by atoms with Gasteiger partial charge in [0.1, 0.15) is 11.3 Å². The molecular weight excluding hydrogens is 248 g/mol. The first-order valence-electron chi connectivity index (χ1n) is 6.16. The molecule has 18 heavy (non-hydrogen) atoms. The van der Waals surface area contributed by atoms with Crippen LogP contribution in [0.15, 0.2) is 12.3 Å². The smallest absolute Gasteiger partial charge is 0.160 e. The van der Waals surface area contributed by atoms with E-state index in [1.165, 1.54) is 0 Å². The van der Waals surface area contributed by atoms with Crippen molar-refractivity contribution in [3.05, 3.63) is 23.1 Å². The molecule has 0 fully saturated rings. The number of halogens is 1. The highest BCUT2D eigenvalue weighted by molar-refractivity contribution is 6.31. The summed E-state index contributed by atoms with van der Waals surface area (Å²) in [6.07, 6.45) is 2.58. The van der Waals surface area contributed by atoms with E-state index >= 15 is 0 Å². The molecule has 2 aromatic heterocycles. The van der Waals surface area contributed by atoms with Gasteiger partial charge >= 0.3 is 0 Å². The second-order valence-corrected chi connectivity index (χ2v) is 5.91. The lowest BCUT2D eigenvalue weighted by Gasteiger charge is -2.19. The third-order valence-corrected chi connectivity index (χ3v) is 3.01. The minimum absolute atomic E-state index is 0.0260. The molecule has 0 aliphatic carbocycles. The Balaban J connectivity index is 2.60. The molecule has 0 aliphatic heterocycles. The van der Waals surface area contributed by atoms with Gasteiger partial charge in [-0.15, -0.1) is 0 Å². The van der Waals surface area contributed by atoms with Crippen LogP contribution in [0.2, 0.25) is 5.02 Å². The first kappa shape index (κ1) is 13.3. The van der Waals surface area contributed by atoms with Gasteiger partial charge in [0.25, 0.3) is 0 Å². The highest BCUT2D eigenvalue weighted by atomic mass is 35.5. The zero-order valence-corrected chi connectivity index (χ0v) is 11.8. The highest BCUT2D eigenvalue weighted by Gasteiger charge is 2.23. The molecule has 0 saturated carbocycles. The lowest BCUT2D eigenvalue weighted by molar-refractivity contribution is 0.496. The fraction of sp³-hybridized carbons (Fsp3) is 0.538. The number of rotatable bonds is 3. The van der Waals surface area contributed by atoms with Crippen molar-refractivity contribution in [1.82, 2.24) is 14.5 Å². The lowest BCUT2D eigenvalue weighted by Crippen LogP contribution is -2.20. The molecule has 98 valence electrons. The minimum Gasteiger partial charge on any atom is -0.330 e. The van der Waals surface area contributed by atoms with Crippen LogP contribution in [0, 0.1) is 0 Å². The Morgan fingerprint density at radius 2 is 2.11 bits per heavy atom. The molecule has 0 atom stereocenters. The van der Waals surface area contributed by atoms with Crippen LogP contribution in [-0.2, 0) is 12.0 Å². The Morgan fingerprint density at radius 1 is 1.39 bits per heavy atom. The number of fused-ring (bicyclic) bond motifs is 1. The normalized spacial score (nSPS) is 12.3. The molecule has 0 amide bonds. The van der Waals surface area contributed by atoms with Crippen molar-refractivity contribution in [3.8, 4) is 0 Å². The highest BCUT2D eigenvalue weighted by Crippen LogP contribution is 2.26. The second kappa shape index (κ2) is 4.86. The first-order valence-corrected chi connectivity index (χ1v) is 6.53. The lowest BCUT2D eigenvalue weighted by atomic mass is 9.95. The van der Waals surface area contributed by atoms with Crippen LogP contribution < -0.4 is 5.73 Å². The van der Waals surface area contributed by atoms with Gasteiger partial charge < -0.3 is 10.3 Å². The molecule has 0 spiro atoms. The molecule has 0 saturated heterocycles. The maximum absolute atomic E-state index is 5.97. The number of imidazole rings is 1. The van der Waals surface area contributed by atoms with Crippen molar-refractivity contribution in [2.75, 3.05) is 6.54 Å². The zero-order chi connectivity index (χ0) is 13.3. The van der Waals surface area contributed by atoms with Crippen LogP contribution >= 0.6 is 11.6 Å². The van der Waals surface area contributed by atoms with E-state index in [0.29, 0.717) is 11.6 Å². The predicted octanol–water partition coefficient (Wildman–Crippen LogP) is 2.73. The summed E-state index contributed by atoms with van der Waals surface area (Å²) in [6.45, 7) is 7.95. The number of pyridine rings is 1. The SMILES string of the molecule is CC(C)(C)c1nc2cc(Cl)cnc2n1CCCN. The zero-order valence-electron chi connectivity index (χ0n) is 11.1. The minimum atomic E-state index is -0.0260. The van der Waals surface area contributed by atoms with E-state index < -0.39 is 0 Å². The van der Waals surface area contributed by atoms with Gasteiger partial charge in [-0.2, -0.15) is 0 Å². The summed E-state index contributed by atoms with van der Waals surface area (Å²) in [5.74, 6) is 1.03. The van der Waals surface area contributed by atoms with Gasteiger partial charge in [-0.3, -0.25) is 0 Å². The fourth-order valence-electron chi connectivity index (χ4n) is 2.02. The summed E-state index contributed by atoms with van der Waals surface area (Å²) >= 11 is 5.97. The molecule has 2 heterocycles. The van der Waals surface area contributed by atoms with Crippen molar-refractivity contribution in [2.24, 2.45) is 5.73 Å². The Hall–Kier alpha value is -1.13. The number of hydrogen-bond donors (Lipinski definition) is 1. The standard InChI is InChI=1S/C13H19ClN4/c1-13(2,3)12-17-10-7-9(14)8-16-11(10)18(12)6-4-5-15/h7-8H,4-6,15H2,1-3H3. The van der Waals surface area contributed by atoms with E-state index in [1.807, 2.05) is 6.07 Å². The fourth-order valence-corrected chi connectivity index (χ4v) is 2.17. The number of nitrogens with two attached hydrogens (primary N) is 1. The van der Waals surface area contributed by atoms with Crippen LogP contribution in [-0.4, -0.2) is 21.1 Å². The largest absolute Gasteiger partial charge is 0.330 e. The van der Waals surface area contributed by atoms with E-state index in [9.17, 15) is 0 Å². The van der Waals surface area contributed by atoms with Gasteiger partial charge in [-0.05, 0) is 19.0 Å². The number of hydrogen-bond acceptors (Lipinski definition) is 3. The molecule has 0 radical (unpaired) electrons. The van der Waals surface area contributed by atoms with Gasteiger partial charge in [-0.1, -0.05) is 32.4 Å². The molecule has 0 bridgehead atoms. The third kappa shape index (κ3) is 2.49. The summed E-state index contributed by atoms with van der Waals surface area (Å²) in [5, 5.41) is 0.617. The van der Waals surface area contributed by atoms with E-state index in [-0.39, 0.29) is 5.41 Å². The Bertz CT molecular complexity index is 554. The average molecular weight is 267 g/mol. The Labute approximate surface area is 112 Å². The number of nitrogens with zero attached hydrogens (tertiary/aromatic N) is 3. The third-order valence-electron chi connectivity index (χ3n) is 2.81. The molecule has 2 aromatic rings. The van der Waals surface area contributed by atoms with Crippen molar-refractivity contribution < 1.29 is 0 Å². The Kier molecular flexibility index (Phi) is 3.59. The van der Waals surface area contributed by atoms with E-state index in [0.717, 1.165) is 30.0 Å². The molecule has 0 aromatic carbocycles. The summed E-state index contributed by atoms with van der Waals surface area (Å²) < 4.78 is 2.15. The van der Waals surface area contributed by atoms with E-state index in [1.54, 1.807) is 6.20 Å². The molecule has 4 nitrogen and oxygen atoms in total. The topological polar surface area (TPSA) is 56.7 Å². The van der Waals surface area contributed by atoms with Gasteiger partial charge in [-0.25, -0.2) is 9.97 Å².